The van der Waals surface area contributed by atoms with Crippen LogP contribution in [0.4, 0.5) is 0 Å². The van der Waals surface area contributed by atoms with Crippen LogP contribution in [0.2, 0.25) is 0 Å². The number of ether oxygens (including phenoxy) is 1. The highest BCUT2D eigenvalue weighted by atomic mass is 79.9. The topological polar surface area (TPSA) is 34.1 Å². The number of pyridine rings is 1. The Bertz CT molecular complexity index is 590. The van der Waals surface area contributed by atoms with Gasteiger partial charge in [0.2, 0.25) is 0 Å². The third-order valence-electron chi connectivity index (χ3n) is 2.87. The van der Waals surface area contributed by atoms with Crippen LogP contribution in [0, 0.1) is 0 Å². The second-order valence-electron chi connectivity index (χ2n) is 4.66. The Balaban J connectivity index is 1.95. The van der Waals surface area contributed by atoms with E-state index in [-0.39, 0.29) is 0 Å². The van der Waals surface area contributed by atoms with Crippen LogP contribution < -0.4 is 10.1 Å². The maximum Gasteiger partial charge on any atom is 0.134 e. The first-order valence-corrected chi connectivity index (χ1v) is 8.51. The zero-order valence-corrected chi connectivity index (χ0v) is 15.1. The van der Waals surface area contributed by atoms with Crippen molar-refractivity contribution in [3.05, 3.63) is 56.7 Å². The van der Waals surface area contributed by atoms with Gasteiger partial charge < -0.3 is 10.1 Å². The number of aromatic nitrogens is 1. The highest BCUT2D eigenvalue weighted by Crippen LogP contribution is 2.28. The van der Waals surface area contributed by atoms with Crippen molar-refractivity contribution in [2.24, 2.45) is 0 Å². The molecule has 0 spiro atoms. The van der Waals surface area contributed by atoms with Gasteiger partial charge in [-0.2, -0.15) is 0 Å². The second-order valence-corrected chi connectivity index (χ2v) is 6.43. The minimum atomic E-state index is 0.460. The van der Waals surface area contributed by atoms with Gasteiger partial charge in [0.05, 0.1) is 15.9 Å². The quantitative estimate of drug-likeness (QED) is 0.668. The molecule has 1 aromatic heterocycles. The molecule has 0 radical (unpaired) electrons. The normalized spacial score (nSPS) is 10.6. The third kappa shape index (κ3) is 5.41. The second kappa shape index (κ2) is 8.51. The van der Waals surface area contributed by atoms with Crippen molar-refractivity contribution >= 4 is 31.9 Å². The van der Waals surface area contributed by atoms with Gasteiger partial charge in [0.1, 0.15) is 12.4 Å². The van der Waals surface area contributed by atoms with E-state index in [1.54, 1.807) is 0 Å². The fourth-order valence-electron chi connectivity index (χ4n) is 1.85. The zero-order valence-electron chi connectivity index (χ0n) is 11.9. The van der Waals surface area contributed by atoms with E-state index in [1.807, 2.05) is 36.4 Å². The van der Waals surface area contributed by atoms with Crippen molar-refractivity contribution in [2.45, 2.75) is 26.5 Å². The predicted molar refractivity (Wildman–Crippen MR) is 92.4 cm³/mol. The first kappa shape index (κ1) is 16.5. The summed E-state index contributed by atoms with van der Waals surface area (Å²) in [6.45, 7) is 4.42. The molecule has 1 N–H and O–H groups in total. The van der Waals surface area contributed by atoms with E-state index < -0.39 is 0 Å². The van der Waals surface area contributed by atoms with Crippen molar-refractivity contribution in [1.29, 1.82) is 0 Å². The summed E-state index contributed by atoms with van der Waals surface area (Å²) in [5, 5.41) is 3.35. The van der Waals surface area contributed by atoms with Crippen LogP contribution in [0.3, 0.4) is 0 Å². The maximum atomic E-state index is 5.81. The molecule has 112 valence electrons. The molecule has 0 bridgehead atoms. The minimum absolute atomic E-state index is 0.460. The molecule has 0 saturated heterocycles. The lowest BCUT2D eigenvalue weighted by Crippen LogP contribution is -2.15. The van der Waals surface area contributed by atoms with Gasteiger partial charge in [-0.3, -0.25) is 4.98 Å². The van der Waals surface area contributed by atoms with Crippen molar-refractivity contribution in [1.82, 2.24) is 10.3 Å². The third-order valence-corrected chi connectivity index (χ3v) is 3.98. The van der Waals surface area contributed by atoms with Gasteiger partial charge in [0.15, 0.2) is 0 Å². The van der Waals surface area contributed by atoms with E-state index in [0.29, 0.717) is 6.61 Å². The maximum absolute atomic E-state index is 5.81. The van der Waals surface area contributed by atoms with Gasteiger partial charge >= 0.3 is 0 Å². The van der Waals surface area contributed by atoms with Gasteiger partial charge in [-0.25, -0.2) is 0 Å². The fraction of sp³-hybridized carbons (Fsp3) is 0.312. The Hall–Kier alpha value is -0.910. The monoisotopic (exact) mass is 412 g/mol. The van der Waals surface area contributed by atoms with Crippen LogP contribution in [0.25, 0.3) is 0 Å². The molecule has 0 atom stereocenters. The molecule has 3 nitrogen and oxygen atoms in total. The van der Waals surface area contributed by atoms with Crippen molar-refractivity contribution in [3.63, 3.8) is 0 Å². The number of halogens is 2. The lowest BCUT2D eigenvalue weighted by atomic mass is 10.3. The van der Waals surface area contributed by atoms with Crippen LogP contribution in [-0.4, -0.2) is 11.5 Å². The van der Waals surface area contributed by atoms with Gasteiger partial charge in [0, 0.05) is 11.0 Å². The molecule has 1 heterocycles. The smallest absolute Gasteiger partial charge is 0.134 e. The van der Waals surface area contributed by atoms with Crippen molar-refractivity contribution < 1.29 is 4.74 Å². The molecular weight excluding hydrogens is 396 g/mol. The van der Waals surface area contributed by atoms with Crippen LogP contribution in [-0.2, 0) is 13.2 Å². The molecule has 0 amide bonds. The standard InChI is InChI=1S/C16H18Br2N2O/c1-2-8-19-10-13-4-3-5-14(20-13)11-21-16-7-6-12(17)9-15(16)18/h3-7,9,19H,2,8,10-11H2,1H3. The summed E-state index contributed by atoms with van der Waals surface area (Å²) in [6, 6.07) is 11.9. The molecule has 0 aliphatic rings. The summed E-state index contributed by atoms with van der Waals surface area (Å²) in [4.78, 5) is 4.59. The van der Waals surface area contributed by atoms with Crippen molar-refractivity contribution in [3.8, 4) is 5.75 Å². The fourth-order valence-corrected chi connectivity index (χ4v) is 3.01. The van der Waals surface area contributed by atoms with Gasteiger partial charge in [-0.15, -0.1) is 0 Å². The molecule has 2 rings (SSSR count). The molecule has 0 fully saturated rings. The van der Waals surface area contributed by atoms with Gasteiger partial charge in [0.25, 0.3) is 0 Å². The Morgan fingerprint density at radius 1 is 1.14 bits per heavy atom. The number of hydrogen-bond donors (Lipinski definition) is 1. The summed E-state index contributed by atoms with van der Waals surface area (Å²) < 4.78 is 7.75. The molecule has 1 aromatic carbocycles. The number of nitrogens with one attached hydrogen (secondary N) is 1. The molecule has 2 aromatic rings. The molecule has 21 heavy (non-hydrogen) atoms. The lowest BCUT2D eigenvalue weighted by molar-refractivity contribution is 0.299. The zero-order chi connectivity index (χ0) is 15.1. The molecule has 5 heteroatoms. The first-order valence-electron chi connectivity index (χ1n) is 6.92. The Morgan fingerprint density at radius 3 is 2.71 bits per heavy atom. The Labute approximate surface area is 142 Å². The van der Waals surface area contributed by atoms with E-state index in [9.17, 15) is 0 Å². The number of rotatable bonds is 7. The van der Waals surface area contributed by atoms with Gasteiger partial charge in [-0.05, 0) is 59.2 Å². The lowest BCUT2D eigenvalue weighted by Gasteiger charge is -2.09. The predicted octanol–water partition coefficient (Wildman–Crippen LogP) is 4.69. The highest BCUT2D eigenvalue weighted by Gasteiger charge is 2.04. The van der Waals surface area contributed by atoms with Crippen LogP contribution in [0.15, 0.2) is 45.3 Å². The summed E-state index contributed by atoms with van der Waals surface area (Å²) in [7, 11) is 0. The van der Waals surface area contributed by atoms with E-state index in [0.717, 1.165) is 45.6 Å². The van der Waals surface area contributed by atoms with E-state index in [4.69, 9.17) is 4.74 Å². The van der Waals surface area contributed by atoms with E-state index in [1.165, 1.54) is 0 Å². The summed E-state index contributed by atoms with van der Waals surface area (Å²) in [5.74, 6) is 0.814. The average Bonchev–Trinajstić information content (AvgIpc) is 2.47. The number of nitrogens with zero attached hydrogens (tertiary/aromatic N) is 1. The minimum Gasteiger partial charge on any atom is -0.486 e. The molecule has 0 aliphatic heterocycles. The van der Waals surface area contributed by atoms with Crippen LogP contribution >= 0.6 is 31.9 Å². The van der Waals surface area contributed by atoms with E-state index in [2.05, 4.69) is 49.1 Å². The van der Waals surface area contributed by atoms with Crippen LogP contribution in [0.1, 0.15) is 24.7 Å². The molecule has 0 unspecified atom stereocenters. The van der Waals surface area contributed by atoms with Crippen LogP contribution in [0.5, 0.6) is 5.75 Å². The molecule has 0 aliphatic carbocycles. The summed E-state index contributed by atoms with van der Waals surface area (Å²) >= 11 is 6.92. The largest absolute Gasteiger partial charge is 0.486 e. The number of hydrogen-bond acceptors (Lipinski definition) is 3. The Kier molecular flexibility index (Phi) is 6.67. The molecular formula is C16H18Br2N2O. The highest BCUT2D eigenvalue weighted by molar-refractivity contribution is 9.11. The van der Waals surface area contributed by atoms with E-state index >= 15 is 0 Å². The van der Waals surface area contributed by atoms with Gasteiger partial charge in [-0.1, -0.05) is 28.9 Å². The average molecular weight is 414 g/mol. The SMILES string of the molecule is CCCNCc1cccc(COc2ccc(Br)cc2Br)n1. The Morgan fingerprint density at radius 2 is 1.95 bits per heavy atom. The number of benzene rings is 1. The first-order chi connectivity index (χ1) is 10.2. The van der Waals surface area contributed by atoms with Crippen molar-refractivity contribution in [2.75, 3.05) is 6.54 Å². The summed E-state index contributed by atoms with van der Waals surface area (Å²) in [5.41, 5.74) is 1.97. The summed E-state index contributed by atoms with van der Waals surface area (Å²) in [6.07, 6.45) is 1.13. The molecule has 0 saturated carbocycles.